The third-order valence-corrected chi connectivity index (χ3v) is 7.90. The Bertz CT molecular complexity index is 1660. The minimum Gasteiger partial charge on any atom is -0.310 e. The molecule has 7 rings (SSSR count). The second-order valence-corrected chi connectivity index (χ2v) is 9.54. The molecule has 0 spiro atoms. The summed E-state index contributed by atoms with van der Waals surface area (Å²) in [6, 6.07) is 33.3. The fourth-order valence-electron chi connectivity index (χ4n) is 5.23. The Morgan fingerprint density at radius 3 is 2.50 bits per heavy atom. The van der Waals surface area contributed by atoms with Crippen LogP contribution >= 0.6 is 11.3 Å². The molecule has 2 heteroatoms. The second-order valence-electron chi connectivity index (χ2n) is 8.49. The summed E-state index contributed by atoms with van der Waals surface area (Å²) in [5.41, 5.74) is 7.95. The van der Waals surface area contributed by atoms with Gasteiger partial charge in [-0.2, -0.15) is 0 Å². The molecule has 32 heavy (non-hydrogen) atoms. The summed E-state index contributed by atoms with van der Waals surface area (Å²) in [6.45, 7) is 0. The molecule has 0 atom stereocenters. The molecule has 0 aliphatic heterocycles. The van der Waals surface area contributed by atoms with Crippen LogP contribution in [-0.4, -0.2) is 4.57 Å². The second kappa shape index (κ2) is 6.94. The Morgan fingerprint density at radius 1 is 0.719 bits per heavy atom. The normalized spacial score (nSPS) is 13.2. The van der Waals surface area contributed by atoms with Gasteiger partial charge in [0, 0.05) is 36.9 Å². The molecule has 4 aromatic carbocycles. The number of rotatable bonds is 2. The molecular formula is C30H21NS. The van der Waals surface area contributed by atoms with Gasteiger partial charge in [-0.3, -0.25) is 0 Å². The molecule has 0 saturated carbocycles. The summed E-state index contributed by atoms with van der Waals surface area (Å²) in [5, 5.41) is 4.09. The van der Waals surface area contributed by atoms with Crippen LogP contribution < -0.4 is 0 Å². The van der Waals surface area contributed by atoms with Crippen LogP contribution in [0.1, 0.15) is 17.7 Å². The maximum Gasteiger partial charge on any atom is 0.0538 e. The van der Waals surface area contributed by atoms with Crippen LogP contribution in [0.25, 0.3) is 54.0 Å². The number of benzene rings is 4. The molecule has 2 heterocycles. The van der Waals surface area contributed by atoms with Crippen molar-refractivity contribution >= 4 is 48.5 Å². The van der Waals surface area contributed by atoms with Crippen molar-refractivity contribution in [3.05, 3.63) is 108 Å². The summed E-state index contributed by atoms with van der Waals surface area (Å²) in [6.07, 6.45) is 6.81. The minimum absolute atomic E-state index is 1.10. The fraction of sp³-hybridized carbons (Fsp3) is 0.0667. The lowest BCUT2D eigenvalue weighted by Gasteiger charge is -2.11. The van der Waals surface area contributed by atoms with Crippen molar-refractivity contribution in [3.8, 4) is 16.8 Å². The van der Waals surface area contributed by atoms with Gasteiger partial charge in [0.1, 0.15) is 0 Å². The molecule has 0 amide bonds. The third-order valence-electron chi connectivity index (χ3n) is 6.68. The van der Waals surface area contributed by atoms with E-state index in [0.717, 1.165) is 12.8 Å². The quantitative estimate of drug-likeness (QED) is 0.261. The van der Waals surface area contributed by atoms with E-state index in [1.54, 1.807) is 0 Å². The number of aryl methyl sites for hydroxylation is 1. The predicted octanol–water partition coefficient (Wildman–Crippen LogP) is 8.62. The Hall–Kier alpha value is -3.62. The topological polar surface area (TPSA) is 4.93 Å². The molecule has 1 aliphatic carbocycles. The Morgan fingerprint density at radius 2 is 1.56 bits per heavy atom. The molecule has 1 nitrogen and oxygen atoms in total. The van der Waals surface area contributed by atoms with Crippen molar-refractivity contribution in [3.63, 3.8) is 0 Å². The summed E-state index contributed by atoms with van der Waals surface area (Å²) in [5.74, 6) is 0. The van der Waals surface area contributed by atoms with Crippen LogP contribution in [0, 0.1) is 0 Å². The average Bonchev–Trinajstić information content (AvgIpc) is 3.40. The summed E-state index contributed by atoms with van der Waals surface area (Å²) < 4.78 is 5.16. The van der Waals surface area contributed by atoms with E-state index in [4.69, 9.17) is 0 Å². The molecule has 0 N–H and O–H groups in total. The molecular weight excluding hydrogens is 406 g/mol. The molecule has 0 fully saturated rings. The van der Waals surface area contributed by atoms with Gasteiger partial charge in [-0.1, -0.05) is 66.7 Å². The maximum atomic E-state index is 2.42. The van der Waals surface area contributed by atoms with E-state index in [0.29, 0.717) is 0 Å². The molecule has 0 bridgehead atoms. The van der Waals surface area contributed by atoms with Gasteiger partial charge in [0.2, 0.25) is 0 Å². The molecule has 0 saturated heterocycles. The monoisotopic (exact) mass is 427 g/mol. The van der Waals surface area contributed by atoms with Gasteiger partial charge in [-0.15, -0.1) is 11.3 Å². The van der Waals surface area contributed by atoms with Crippen LogP contribution in [0.5, 0.6) is 0 Å². The largest absolute Gasteiger partial charge is 0.310 e. The highest BCUT2D eigenvalue weighted by Crippen LogP contribution is 2.42. The summed E-state index contributed by atoms with van der Waals surface area (Å²) in [4.78, 5) is 0. The van der Waals surface area contributed by atoms with Crippen LogP contribution in [0.2, 0.25) is 0 Å². The number of hydrogen-bond donors (Lipinski definition) is 0. The Labute approximate surface area is 190 Å². The summed E-state index contributed by atoms with van der Waals surface area (Å²) >= 11 is 1.90. The zero-order chi connectivity index (χ0) is 21.1. The SMILES string of the molecule is C1=Cc2c(c3cc(-c4cccc5c4sc4ccccc45)ccc3n2-c2ccccc2)CC1. The maximum absolute atomic E-state index is 2.42. The van der Waals surface area contributed by atoms with Gasteiger partial charge in [-0.05, 0) is 65.9 Å². The number of nitrogens with zero attached hydrogens (tertiary/aromatic N) is 1. The number of para-hydroxylation sites is 1. The molecule has 1 aliphatic rings. The van der Waals surface area contributed by atoms with Crippen molar-refractivity contribution in [1.82, 2.24) is 4.57 Å². The van der Waals surface area contributed by atoms with Crippen LogP contribution in [-0.2, 0) is 6.42 Å². The number of hydrogen-bond acceptors (Lipinski definition) is 1. The highest BCUT2D eigenvalue weighted by molar-refractivity contribution is 7.26. The predicted molar refractivity (Wildman–Crippen MR) is 139 cm³/mol. The molecule has 2 aromatic heterocycles. The Kier molecular flexibility index (Phi) is 3.91. The first-order valence-electron chi connectivity index (χ1n) is 11.2. The first kappa shape index (κ1) is 18.0. The zero-order valence-corrected chi connectivity index (χ0v) is 18.4. The van der Waals surface area contributed by atoms with E-state index < -0.39 is 0 Å². The van der Waals surface area contributed by atoms with E-state index in [1.165, 1.54) is 59.1 Å². The third kappa shape index (κ3) is 2.57. The van der Waals surface area contributed by atoms with E-state index >= 15 is 0 Å². The highest BCUT2D eigenvalue weighted by Gasteiger charge is 2.19. The van der Waals surface area contributed by atoms with Gasteiger partial charge >= 0.3 is 0 Å². The lowest BCUT2D eigenvalue weighted by molar-refractivity contribution is 0.967. The van der Waals surface area contributed by atoms with Gasteiger partial charge in [-0.25, -0.2) is 0 Å². The number of allylic oxidation sites excluding steroid dienone is 1. The lowest BCUT2D eigenvalue weighted by Crippen LogP contribution is -1.99. The lowest BCUT2D eigenvalue weighted by atomic mass is 9.97. The van der Waals surface area contributed by atoms with Crippen molar-refractivity contribution in [2.75, 3.05) is 0 Å². The Balaban J connectivity index is 1.51. The van der Waals surface area contributed by atoms with Crippen molar-refractivity contribution in [2.24, 2.45) is 0 Å². The van der Waals surface area contributed by atoms with Gasteiger partial charge < -0.3 is 4.57 Å². The molecule has 0 radical (unpaired) electrons. The average molecular weight is 428 g/mol. The first-order valence-corrected chi connectivity index (χ1v) is 12.0. The van der Waals surface area contributed by atoms with E-state index in [1.807, 2.05) is 11.3 Å². The van der Waals surface area contributed by atoms with Gasteiger partial charge in [0.25, 0.3) is 0 Å². The van der Waals surface area contributed by atoms with Crippen LogP contribution in [0.15, 0.2) is 97.1 Å². The number of thiophene rings is 1. The zero-order valence-electron chi connectivity index (χ0n) is 17.6. The van der Waals surface area contributed by atoms with Crippen molar-refractivity contribution in [2.45, 2.75) is 12.8 Å². The smallest absolute Gasteiger partial charge is 0.0538 e. The molecule has 0 unspecified atom stereocenters. The standard InChI is InChI=1S/C30H21NS/c1-2-9-21(10-3-1)31-27-15-6-4-11-23(27)26-19-20(17-18-28(26)31)22-13-8-14-25-24-12-5-7-16-29(24)32-30(22)25/h1-3,5-10,12-19H,4,11H2. The van der Waals surface area contributed by atoms with Gasteiger partial charge in [0.15, 0.2) is 0 Å². The van der Waals surface area contributed by atoms with E-state index in [2.05, 4.69) is 108 Å². The van der Waals surface area contributed by atoms with Gasteiger partial charge in [0.05, 0.1) is 5.52 Å². The van der Waals surface area contributed by atoms with Crippen LogP contribution in [0.3, 0.4) is 0 Å². The van der Waals surface area contributed by atoms with E-state index in [9.17, 15) is 0 Å². The van der Waals surface area contributed by atoms with E-state index in [-0.39, 0.29) is 0 Å². The minimum atomic E-state index is 1.10. The van der Waals surface area contributed by atoms with Crippen LogP contribution in [0.4, 0.5) is 0 Å². The summed E-state index contributed by atoms with van der Waals surface area (Å²) in [7, 11) is 0. The molecule has 6 aromatic rings. The highest BCUT2D eigenvalue weighted by atomic mass is 32.1. The number of fused-ring (bicyclic) bond motifs is 6. The van der Waals surface area contributed by atoms with Crippen molar-refractivity contribution < 1.29 is 0 Å². The fourth-order valence-corrected chi connectivity index (χ4v) is 6.47. The first-order chi connectivity index (χ1) is 15.9. The number of aromatic nitrogens is 1. The van der Waals surface area contributed by atoms with Crippen molar-refractivity contribution in [1.29, 1.82) is 0 Å². The molecule has 152 valence electrons.